The van der Waals surface area contributed by atoms with Gasteiger partial charge in [0.15, 0.2) is 0 Å². The standard InChI is InChI=1S/C15H8Br2N2S2/c16-8-1-3-12-10(5-8)18-14(20-12)7-15-19-11-6-9(17)2-4-13(11)21-15/h1-7,18H/b14-7-. The Balaban J connectivity index is 1.68. The predicted molar refractivity (Wildman–Crippen MR) is 98.9 cm³/mol. The summed E-state index contributed by atoms with van der Waals surface area (Å²) in [5.41, 5.74) is 2.17. The topological polar surface area (TPSA) is 24.9 Å². The fourth-order valence-corrected chi connectivity index (χ4v) is 4.72. The molecule has 0 atom stereocenters. The van der Waals surface area contributed by atoms with E-state index in [2.05, 4.69) is 78.6 Å². The maximum absolute atomic E-state index is 4.67. The van der Waals surface area contributed by atoms with Crippen LogP contribution in [-0.4, -0.2) is 4.98 Å². The first-order valence-corrected chi connectivity index (χ1v) is 9.41. The first-order chi connectivity index (χ1) is 10.2. The van der Waals surface area contributed by atoms with Crippen LogP contribution in [0.5, 0.6) is 0 Å². The lowest BCUT2D eigenvalue weighted by atomic mass is 10.3. The smallest absolute Gasteiger partial charge is 0.119 e. The molecule has 4 rings (SSSR count). The van der Waals surface area contributed by atoms with Crippen molar-refractivity contribution in [3.63, 3.8) is 0 Å². The molecule has 1 aliphatic rings. The van der Waals surface area contributed by atoms with Crippen molar-refractivity contribution in [2.75, 3.05) is 5.32 Å². The van der Waals surface area contributed by atoms with Crippen LogP contribution in [0.3, 0.4) is 0 Å². The van der Waals surface area contributed by atoms with Crippen LogP contribution in [0.4, 0.5) is 5.69 Å². The third-order valence-electron chi connectivity index (χ3n) is 3.04. The molecule has 1 aromatic heterocycles. The number of nitrogens with zero attached hydrogens (tertiary/aromatic N) is 1. The Kier molecular flexibility index (Phi) is 3.57. The molecule has 0 fully saturated rings. The molecule has 0 spiro atoms. The normalized spacial score (nSPS) is 15.4. The number of fused-ring (bicyclic) bond motifs is 2. The number of hydrogen-bond donors (Lipinski definition) is 1. The minimum absolute atomic E-state index is 1.02. The Morgan fingerprint density at radius 1 is 1.05 bits per heavy atom. The van der Waals surface area contributed by atoms with Crippen molar-refractivity contribution >= 4 is 76.9 Å². The van der Waals surface area contributed by atoms with Crippen LogP contribution in [-0.2, 0) is 0 Å². The third kappa shape index (κ3) is 2.77. The van der Waals surface area contributed by atoms with Gasteiger partial charge in [0.1, 0.15) is 5.01 Å². The fraction of sp³-hybridized carbons (Fsp3) is 0. The monoisotopic (exact) mass is 438 g/mol. The molecule has 1 N–H and O–H groups in total. The Labute approximate surface area is 146 Å². The van der Waals surface area contributed by atoms with Gasteiger partial charge in [-0.25, -0.2) is 4.98 Å². The highest BCUT2D eigenvalue weighted by Crippen LogP contribution is 2.43. The minimum atomic E-state index is 1.02. The lowest BCUT2D eigenvalue weighted by molar-refractivity contribution is 1.43. The molecule has 0 amide bonds. The molecule has 0 radical (unpaired) electrons. The number of aromatic nitrogens is 1. The van der Waals surface area contributed by atoms with Gasteiger partial charge in [0.05, 0.1) is 20.9 Å². The number of rotatable bonds is 1. The average molecular weight is 440 g/mol. The highest BCUT2D eigenvalue weighted by atomic mass is 79.9. The zero-order valence-corrected chi connectivity index (χ0v) is 15.4. The molecule has 6 heteroatoms. The number of thiazole rings is 1. The van der Waals surface area contributed by atoms with Gasteiger partial charge in [0.2, 0.25) is 0 Å². The molecule has 2 heterocycles. The van der Waals surface area contributed by atoms with E-state index >= 15 is 0 Å². The van der Waals surface area contributed by atoms with Crippen molar-refractivity contribution in [2.45, 2.75) is 4.90 Å². The van der Waals surface area contributed by atoms with E-state index in [9.17, 15) is 0 Å². The lowest BCUT2D eigenvalue weighted by Crippen LogP contribution is -1.87. The summed E-state index contributed by atoms with van der Waals surface area (Å²) in [6.45, 7) is 0. The van der Waals surface area contributed by atoms with E-state index in [1.807, 2.05) is 6.07 Å². The summed E-state index contributed by atoms with van der Waals surface area (Å²) in [6, 6.07) is 12.5. The van der Waals surface area contributed by atoms with Crippen molar-refractivity contribution in [2.24, 2.45) is 0 Å². The zero-order chi connectivity index (χ0) is 14.4. The minimum Gasteiger partial charge on any atom is -0.349 e. The lowest BCUT2D eigenvalue weighted by Gasteiger charge is -1.97. The average Bonchev–Trinajstić information content (AvgIpc) is 3.00. The van der Waals surface area contributed by atoms with Crippen LogP contribution in [0, 0.1) is 0 Å². The predicted octanol–water partition coefficient (Wildman–Crippen LogP) is 6.34. The van der Waals surface area contributed by atoms with Crippen LogP contribution in [0.15, 0.2) is 55.3 Å². The number of halogens is 2. The van der Waals surface area contributed by atoms with Crippen molar-refractivity contribution in [1.29, 1.82) is 0 Å². The summed E-state index contributed by atoms with van der Waals surface area (Å²) in [7, 11) is 0. The molecular weight excluding hydrogens is 432 g/mol. The summed E-state index contributed by atoms with van der Waals surface area (Å²) < 4.78 is 3.35. The molecule has 0 unspecified atom stereocenters. The maximum Gasteiger partial charge on any atom is 0.119 e. The van der Waals surface area contributed by atoms with Gasteiger partial charge in [-0.05, 0) is 36.4 Å². The number of hydrogen-bond acceptors (Lipinski definition) is 4. The van der Waals surface area contributed by atoms with Gasteiger partial charge in [-0.2, -0.15) is 0 Å². The van der Waals surface area contributed by atoms with Crippen molar-refractivity contribution in [3.05, 3.63) is 55.4 Å². The Morgan fingerprint density at radius 3 is 2.76 bits per heavy atom. The third-order valence-corrected chi connectivity index (χ3v) is 6.03. The first kappa shape index (κ1) is 13.8. The highest BCUT2D eigenvalue weighted by molar-refractivity contribution is 9.10. The largest absolute Gasteiger partial charge is 0.349 e. The fourth-order valence-electron chi connectivity index (χ4n) is 2.12. The summed E-state index contributed by atoms with van der Waals surface area (Å²) in [5.74, 6) is 0. The van der Waals surface area contributed by atoms with E-state index in [-0.39, 0.29) is 0 Å². The van der Waals surface area contributed by atoms with Crippen LogP contribution in [0.1, 0.15) is 5.01 Å². The van der Waals surface area contributed by atoms with Crippen LogP contribution < -0.4 is 5.32 Å². The second kappa shape index (κ2) is 5.43. The Hall–Kier alpha value is -0.820. The van der Waals surface area contributed by atoms with E-state index in [4.69, 9.17) is 0 Å². The molecule has 2 nitrogen and oxygen atoms in total. The van der Waals surface area contributed by atoms with Crippen LogP contribution in [0.2, 0.25) is 0 Å². The van der Waals surface area contributed by atoms with Crippen molar-refractivity contribution in [3.8, 4) is 0 Å². The Bertz CT molecular complexity index is 887. The quantitative estimate of drug-likeness (QED) is 0.478. The van der Waals surface area contributed by atoms with Gasteiger partial charge in [0, 0.05) is 19.9 Å². The van der Waals surface area contributed by atoms with Gasteiger partial charge < -0.3 is 5.32 Å². The molecular formula is C15H8Br2N2S2. The summed E-state index contributed by atoms with van der Waals surface area (Å²) in [4.78, 5) is 5.91. The van der Waals surface area contributed by atoms with Crippen LogP contribution in [0.25, 0.3) is 16.3 Å². The number of anilines is 1. The molecule has 0 aliphatic carbocycles. The van der Waals surface area contributed by atoms with Crippen molar-refractivity contribution in [1.82, 2.24) is 4.98 Å². The van der Waals surface area contributed by atoms with E-state index in [0.717, 1.165) is 30.2 Å². The van der Waals surface area contributed by atoms with Gasteiger partial charge in [-0.1, -0.05) is 43.6 Å². The molecule has 2 aromatic carbocycles. The van der Waals surface area contributed by atoms with E-state index in [0.29, 0.717) is 0 Å². The summed E-state index contributed by atoms with van der Waals surface area (Å²) in [6.07, 6.45) is 2.11. The Morgan fingerprint density at radius 2 is 1.86 bits per heavy atom. The number of benzene rings is 2. The molecule has 3 aromatic rings. The number of nitrogens with one attached hydrogen (secondary N) is 1. The molecule has 0 saturated carbocycles. The van der Waals surface area contributed by atoms with E-state index < -0.39 is 0 Å². The number of thioether (sulfide) groups is 1. The highest BCUT2D eigenvalue weighted by Gasteiger charge is 2.16. The zero-order valence-electron chi connectivity index (χ0n) is 10.6. The van der Waals surface area contributed by atoms with Gasteiger partial charge in [-0.3, -0.25) is 0 Å². The maximum atomic E-state index is 4.67. The van der Waals surface area contributed by atoms with Gasteiger partial charge in [0.25, 0.3) is 0 Å². The molecule has 21 heavy (non-hydrogen) atoms. The molecule has 0 saturated heterocycles. The molecule has 0 bridgehead atoms. The van der Waals surface area contributed by atoms with E-state index in [1.54, 1.807) is 23.1 Å². The van der Waals surface area contributed by atoms with Gasteiger partial charge >= 0.3 is 0 Å². The summed E-state index contributed by atoms with van der Waals surface area (Å²) in [5, 5.41) is 5.56. The van der Waals surface area contributed by atoms with Gasteiger partial charge in [-0.15, -0.1) is 11.3 Å². The van der Waals surface area contributed by atoms with Crippen molar-refractivity contribution < 1.29 is 0 Å². The molecule has 1 aliphatic heterocycles. The second-order valence-corrected chi connectivity index (χ2v) is 8.52. The second-order valence-electron chi connectivity index (χ2n) is 4.54. The SMILES string of the molecule is Brc1ccc2c(c1)N/C(=C/c1nc3cc(Br)ccc3s1)S2. The molecule has 104 valence electrons. The summed E-state index contributed by atoms with van der Waals surface area (Å²) >= 11 is 10.4. The first-order valence-electron chi connectivity index (χ1n) is 6.20. The van der Waals surface area contributed by atoms with Crippen LogP contribution >= 0.6 is 55.0 Å². The van der Waals surface area contributed by atoms with E-state index in [1.165, 1.54) is 9.60 Å².